The predicted molar refractivity (Wildman–Crippen MR) is 58.9 cm³/mol. The summed E-state index contributed by atoms with van der Waals surface area (Å²) in [6.07, 6.45) is 3.48. The van der Waals surface area contributed by atoms with Crippen LogP contribution in [0.15, 0.2) is 42.7 Å². The maximum absolute atomic E-state index is 13.7. The van der Waals surface area contributed by atoms with E-state index in [4.69, 9.17) is 5.26 Å². The summed E-state index contributed by atoms with van der Waals surface area (Å²) >= 11 is 0. The molecule has 78 valence electrons. The Morgan fingerprint density at radius 1 is 1.19 bits per heavy atom. The second-order valence-electron chi connectivity index (χ2n) is 3.38. The van der Waals surface area contributed by atoms with Crippen LogP contribution >= 0.6 is 0 Å². The van der Waals surface area contributed by atoms with Gasteiger partial charge in [0.05, 0.1) is 12.5 Å². The highest BCUT2D eigenvalue weighted by molar-refractivity contribution is 5.63. The molecule has 3 heteroatoms. The minimum Gasteiger partial charge on any atom is -0.265 e. The van der Waals surface area contributed by atoms with Crippen molar-refractivity contribution >= 4 is 0 Å². The van der Waals surface area contributed by atoms with E-state index < -0.39 is 0 Å². The van der Waals surface area contributed by atoms with Crippen molar-refractivity contribution in [1.29, 1.82) is 5.26 Å². The number of aromatic nitrogens is 1. The van der Waals surface area contributed by atoms with E-state index in [1.54, 1.807) is 36.7 Å². The van der Waals surface area contributed by atoms with E-state index in [0.717, 1.165) is 5.56 Å². The van der Waals surface area contributed by atoms with Gasteiger partial charge in [-0.1, -0.05) is 12.1 Å². The Morgan fingerprint density at radius 2 is 1.94 bits per heavy atom. The first-order chi connectivity index (χ1) is 7.81. The summed E-state index contributed by atoms with van der Waals surface area (Å²) in [6.45, 7) is 0. The van der Waals surface area contributed by atoms with Crippen LogP contribution in [-0.2, 0) is 6.42 Å². The van der Waals surface area contributed by atoms with Crippen molar-refractivity contribution < 1.29 is 4.39 Å². The number of nitriles is 1. The minimum absolute atomic E-state index is 0.230. The molecule has 2 rings (SSSR count). The molecule has 2 aromatic rings. The van der Waals surface area contributed by atoms with E-state index in [1.807, 2.05) is 6.07 Å². The molecule has 1 aromatic heterocycles. The van der Waals surface area contributed by atoms with Crippen LogP contribution in [0.5, 0.6) is 0 Å². The lowest BCUT2D eigenvalue weighted by molar-refractivity contribution is 0.629. The Bertz CT molecular complexity index is 529. The number of halogens is 1. The standard InChI is InChI=1S/C13H9FN2/c14-13-9-10(3-6-15)1-2-12(13)11-4-7-16-8-5-11/h1-2,4-5,7-9H,3H2. The monoisotopic (exact) mass is 212 g/mol. The SMILES string of the molecule is N#CCc1ccc(-c2ccncc2)c(F)c1. The summed E-state index contributed by atoms with van der Waals surface area (Å²) < 4.78 is 13.7. The van der Waals surface area contributed by atoms with Crippen molar-refractivity contribution in [2.75, 3.05) is 0 Å². The molecule has 16 heavy (non-hydrogen) atoms. The van der Waals surface area contributed by atoms with Gasteiger partial charge < -0.3 is 0 Å². The molecule has 0 bridgehead atoms. The molecule has 0 N–H and O–H groups in total. The van der Waals surface area contributed by atoms with Crippen molar-refractivity contribution in [2.24, 2.45) is 0 Å². The molecule has 0 atom stereocenters. The lowest BCUT2D eigenvalue weighted by Gasteiger charge is -2.04. The highest BCUT2D eigenvalue weighted by Crippen LogP contribution is 2.22. The van der Waals surface area contributed by atoms with E-state index in [9.17, 15) is 4.39 Å². The zero-order chi connectivity index (χ0) is 11.4. The molecule has 0 fully saturated rings. The zero-order valence-electron chi connectivity index (χ0n) is 8.52. The van der Waals surface area contributed by atoms with E-state index in [0.29, 0.717) is 11.1 Å². The Kier molecular flexibility index (Phi) is 2.93. The Morgan fingerprint density at radius 3 is 2.56 bits per heavy atom. The van der Waals surface area contributed by atoms with E-state index >= 15 is 0 Å². The molecular weight excluding hydrogens is 203 g/mol. The largest absolute Gasteiger partial charge is 0.265 e. The third-order valence-corrected chi connectivity index (χ3v) is 2.31. The molecular formula is C13H9FN2. The first-order valence-electron chi connectivity index (χ1n) is 4.87. The summed E-state index contributed by atoms with van der Waals surface area (Å²) in [7, 11) is 0. The maximum Gasteiger partial charge on any atom is 0.131 e. The van der Waals surface area contributed by atoms with Crippen molar-refractivity contribution in [2.45, 2.75) is 6.42 Å². The number of hydrogen-bond donors (Lipinski definition) is 0. The summed E-state index contributed by atoms with van der Waals surface area (Å²) in [4.78, 5) is 3.88. The van der Waals surface area contributed by atoms with Crippen LogP contribution in [0.4, 0.5) is 4.39 Å². The second kappa shape index (κ2) is 4.54. The molecule has 0 unspecified atom stereocenters. The van der Waals surface area contributed by atoms with E-state index in [1.165, 1.54) is 6.07 Å². The lowest BCUT2D eigenvalue weighted by Crippen LogP contribution is -1.88. The van der Waals surface area contributed by atoms with Gasteiger partial charge in [0.2, 0.25) is 0 Å². The fraction of sp³-hybridized carbons (Fsp3) is 0.0769. The van der Waals surface area contributed by atoms with Crippen molar-refractivity contribution in [3.8, 4) is 17.2 Å². The molecule has 0 aliphatic carbocycles. The fourth-order valence-electron chi connectivity index (χ4n) is 1.53. The topological polar surface area (TPSA) is 36.7 Å². The van der Waals surface area contributed by atoms with Gasteiger partial charge >= 0.3 is 0 Å². The number of benzene rings is 1. The molecule has 0 radical (unpaired) electrons. The molecule has 0 aliphatic rings. The van der Waals surface area contributed by atoms with Crippen molar-refractivity contribution in [3.05, 3.63) is 54.1 Å². The smallest absolute Gasteiger partial charge is 0.131 e. The molecule has 0 spiro atoms. The Balaban J connectivity index is 2.41. The molecule has 0 saturated carbocycles. The van der Waals surface area contributed by atoms with Gasteiger partial charge in [-0.2, -0.15) is 5.26 Å². The van der Waals surface area contributed by atoms with Crippen LogP contribution in [0.1, 0.15) is 5.56 Å². The second-order valence-corrected chi connectivity index (χ2v) is 3.38. The van der Waals surface area contributed by atoms with Gasteiger partial charge in [-0.05, 0) is 29.3 Å². The Hall–Kier alpha value is -2.21. The quantitative estimate of drug-likeness (QED) is 0.767. The molecule has 0 aliphatic heterocycles. The average molecular weight is 212 g/mol. The highest BCUT2D eigenvalue weighted by Gasteiger charge is 2.05. The lowest BCUT2D eigenvalue weighted by atomic mass is 10.0. The summed E-state index contributed by atoms with van der Waals surface area (Å²) in [5.74, 6) is -0.307. The van der Waals surface area contributed by atoms with E-state index in [2.05, 4.69) is 4.98 Å². The first-order valence-corrected chi connectivity index (χ1v) is 4.87. The summed E-state index contributed by atoms with van der Waals surface area (Å²) in [6, 6.07) is 10.4. The number of rotatable bonds is 2. The van der Waals surface area contributed by atoms with Gasteiger partial charge in [0.15, 0.2) is 0 Å². The first kappa shape index (κ1) is 10.3. The summed E-state index contributed by atoms with van der Waals surface area (Å²) in [5, 5.41) is 8.52. The maximum atomic E-state index is 13.7. The molecule has 1 heterocycles. The number of pyridine rings is 1. The van der Waals surface area contributed by atoms with Gasteiger partial charge in [-0.25, -0.2) is 4.39 Å². The van der Waals surface area contributed by atoms with Crippen LogP contribution in [0.2, 0.25) is 0 Å². The predicted octanol–water partition coefficient (Wildman–Crippen LogP) is 2.95. The number of nitrogens with zero attached hydrogens (tertiary/aromatic N) is 2. The van der Waals surface area contributed by atoms with Crippen molar-refractivity contribution in [3.63, 3.8) is 0 Å². The molecule has 2 nitrogen and oxygen atoms in total. The third-order valence-electron chi connectivity index (χ3n) is 2.31. The summed E-state index contributed by atoms with van der Waals surface area (Å²) in [5.41, 5.74) is 2.01. The normalized spacial score (nSPS) is 9.75. The average Bonchev–Trinajstić information content (AvgIpc) is 2.31. The van der Waals surface area contributed by atoms with Crippen LogP contribution in [0, 0.1) is 17.1 Å². The van der Waals surface area contributed by atoms with Gasteiger partial charge in [-0.3, -0.25) is 4.98 Å². The van der Waals surface area contributed by atoms with Crippen LogP contribution in [-0.4, -0.2) is 4.98 Å². The molecule has 0 saturated heterocycles. The van der Waals surface area contributed by atoms with Crippen LogP contribution in [0.3, 0.4) is 0 Å². The van der Waals surface area contributed by atoms with Gasteiger partial charge in [0.1, 0.15) is 5.82 Å². The third kappa shape index (κ3) is 2.06. The molecule has 0 amide bonds. The van der Waals surface area contributed by atoms with Gasteiger partial charge in [0, 0.05) is 18.0 Å². The van der Waals surface area contributed by atoms with Crippen LogP contribution in [0.25, 0.3) is 11.1 Å². The van der Waals surface area contributed by atoms with Crippen molar-refractivity contribution in [1.82, 2.24) is 4.98 Å². The zero-order valence-corrected chi connectivity index (χ0v) is 8.52. The highest BCUT2D eigenvalue weighted by atomic mass is 19.1. The van der Waals surface area contributed by atoms with Gasteiger partial charge in [-0.15, -0.1) is 0 Å². The minimum atomic E-state index is -0.307. The van der Waals surface area contributed by atoms with E-state index in [-0.39, 0.29) is 12.2 Å². The fourth-order valence-corrected chi connectivity index (χ4v) is 1.53. The Labute approximate surface area is 93.0 Å². The van der Waals surface area contributed by atoms with Crippen LogP contribution < -0.4 is 0 Å². The molecule has 1 aromatic carbocycles. The number of hydrogen-bond acceptors (Lipinski definition) is 2. The van der Waals surface area contributed by atoms with Gasteiger partial charge in [0.25, 0.3) is 0 Å².